The van der Waals surface area contributed by atoms with Crippen molar-refractivity contribution < 1.29 is 9.90 Å². The minimum absolute atomic E-state index is 0.0304. The Bertz CT molecular complexity index is 830. The zero-order chi connectivity index (χ0) is 17.8. The number of rotatable bonds is 4. The first-order chi connectivity index (χ1) is 12.1. The van der Waals surface area contributed by atoms with Gasteiger partial charge in [0.15, 0.2) is 0 Å². The van der Waals surface area contributed by atoms with Crippen molar-refractivity contribution in [2.75, 3.05) is 13.1 Å². The summed E-state index contributed by atoms with van der Waals surface area (Å²) in [5.74, 6) is -0.0304. The summed E-state index contributed by atoms with van der Waals surface area (Å²) >= 11 is 0. The number of amides is 1. The molecule has 1 N–H and O–H groups in total. The van der Waals surface area contributed by atoms with Crippen LogP contribution in [0.5, 0.6) is 0 Å². The molecule has 1 unspecified atom stereocenters. The second kappa shape index (κ2) is 7.28. The molecule has 1 amide bonds. The van der Waals surface area contributed by atoms with Gasteiger partial charge in [0, 0.05) is 13.1 Å². The Labute approximate surface area is 145 Å². The van der Waals surface area contributed by atoms with E-state index in [1.807, 2.05) is 18.2 Å². The largest absolute Gasteiger partial charge is 0.387 e. The molecule has 1 aromatic heterocycles. The molecule has 7 nitrogen and oxygen atoms in total. The average molecular weight is 337 g/mol. The molecule has 0 fully saturated rings. The van der Waals surface area contributed by atoms with Gasteiger partial charge in [0.2, 0.25) is 5.91 Å². The lowest BCUT2D eigenvalue weighted by molar-refractivity contribution is -0.131. The number of carbonyl (C=O) groups excluding carboxylic acids is 1. The van der Waals surface area contributed by atoms with E-state index in [4.69, 9.17) is 5.26 Å². The molecule has 7 heteroatoms. The Morgan fingerprint density at radius 3 is 2.72 bits per heavy atom. The van der Waals surface area contributed by atoms with Gasteiger partial charge in [0.25, 0.3) is 0 Å². The van der Waals surface area contributed by atoms with Gasteiger partial charge in [-0.05, 0) is 36.6 Å². The van der Waals surface area contributed by atoms with E-state index in [-0.39, 0.29) is 12.5 Å². The number of aliphatic hydroxyl groups is 1. The normalized spacial score (nSPS) is 15.4. The van der Waals surface area contributed by atoms with Crippen LogP contribution in [0.4, 0.5) is 0 Å². The summed E-state index contributed by atoms with van der Waals surface area (Å²) in [6.45, 7) is 2.91. The van der Waals surface area contributed by atoms with Crippen molar-refractivity contribution in [3.63, 3.8) is 0 Å². The van der Waals surface area contributed by atoms with E-state index in [0.29, 0.717) is 24.3 Å². The van der Waals surface area contributed by atoms with Gasteiger partial charge in [-0.3, -0.25) is 4.79 Å². The molecular weight excluding hydrogens is 318 g/mol. The summed E-state index contributed by atoms with van der Waals surface area (Å²) in [6.07, 6.45) is 3.71. The van der Waals surface area contributed by atoms with E-state index < -0.39 is 6.10 Å². The van der Waals surface area contributed by atoms with Crippen molar-refractivity contribution in [2.24, 2.45) is 0 Å². The van der Waals surface area contributed by atoms with Crippen LogP contribution in [0.1, 0.15) is 36.3 Å². The van der Waals surface area contributed by atoms with Crippen LogP contribution in [-0.4, -0.2) is 44.0 Å². The van der Waals surface area contributed by atoms with E-state index in [9.17, 15) is 9.90 Å². The first-order valence-electron chi connectivity index (χ1n) is 8.12. The van der Waals surface area contributed by atoms with E-state index in [0.717, 1.165) is 12.0 Å². The van der Waals surface area contributed by atoms with Crippen LogP contribution in [0.3, 0.4) is 0 Å². The quantitative estimate of drug-likeness (QED) is 0.912. The van der Waals surface area contributed by atoms with Gasteiger partial charge < -0.3 is 10.0 Å². The zero-order valence-electron chi connectivity index (χ0n) is 14.0. The van der Waals surface area contributed by atoms with Crippen LogP contribution in [0, 0.1) is 11.3 Å². The fourth-order valence-electron chi connectivity index (χ4n) is 2.74. The molecule has 0 bridgehead atoms. The third-order valence-corrected chi connectivity index (χ3v) is 4.23. The number of aromatic nitrogens is 3. The van der Waals surface area contributed by atoms with Crippen LogP contribution in [0.2, 0.25) is 0 Å². The topological polar surface area (TPSA) is 95.0 Å². The van der Waals surface area contributed by atoms with E-state index in [1.165, 1.54) is 10.3 Å². The molecule has 0 aliphatic carbocycles. The number of nitriles is 1. The molecule has 0 radical (unpaired) electrons. The van der Waals surface area contributed by atoms with Gasteiger partial charge in [0.1, 0.15) is 12.2 Å². The van der Waals surface area contributed by atoms with E-state index in [1.54, 1.807) is 30.2 Å². The number of nitrogens with zero attached hydrogens (tertiary/aromatic N) is 5. The van der Waals surface area contributed by atoms with Crippen LogP contribution >= 0.6 is 0 Å². The molecule has 25 heavy (non-hydrogen) atoms. The van der Waals surface area contributed by atoms with Crippen LogP contribution in [0.25, 0.3) is 5.57 Å². The van der Waals surface area contributed by atoms with Crippen molar-refractivity contribution in [1.82, 2.24) is 19.9 Å². The first kappa shape index (κ1) is 16.9. The Hall–Kier alpha value is -2.98. The van der Waals surface area contributed by atoms with Crippen molar-refractivity contribution in [3.05, 3.63) is 53.4 Å². The molecule has 0 saturated heterocycles. The predicted octanol–water partition coefficient (Wildman–Crippen LogP) is 1.52. The van der Waals surface area contributed by atoms with Gasteiger partial charge in [-0.2, -0.15) is 5.26 Å². The molecule has 1 atom stereocenters. The highest BCUT2D eigenvalue weighted by atomic mass is 16.3. The fraction of sp³-hybridized carbons (Fsp3) is 0.333. The summed E-state index contributed by atoms with van der Waals surface area (Å²) < 4.78 is 1.45. The maximum absolute atomic E-state index is 12.4. The van der Waals surface area contributed by atoms with Gasteiger partial charge in [-0.1, -0.05) is 23.4 Å². The van der Waals surface area contributed by atoms with Crippen LogP contribution in [-0.2, 0) is 11.3 Å². The van der Waals surface area contributed by atoms with E-state index in [2.05, 4.69) is 16.4 Å². The van der Waals surface area contributed by atoms with Crippen LogP contribution < -0.4 is 0 Å². The minimum atomic E-state index is -0.697. The van der Waals surface area contributed by atoms with Crippen molar-refractivity contribution >= 4 is 11.5 Å². The Kier molecular flexibility index (Phi) is 4.91. The van der Waals surface area contributed by atoms with Gasteiger partial charge in [-0.15, -0.1) is 5.10 Å². The van der Waals surface area contributed by atoms with Gasteiger partial charge in [0.05, 0.1) is 23.9 Å². The summed E-state index contributed by atoms with van der Waals surface area (Å²) in [5, 5.41) is 26.0. The third-order valence-electron chi connectivity index (χ3n) is 4.23. The lowest BCUT2D eigenvalue weighted by Crippen LogP contribution is -2.37. The lowest BCUT2D eigenvalue weighted by Gasteiger charge is -2.26. The predicted molar refractivity (Wildman–Crippen MR) is 91.0 cm³/mol. The number of carbonyl (C=O) groups is 1. The summed E-state index contributed by atoms with van der Waals surface area (Å²) in [5.41, 5.74) is 3.37. The molecule has 3 rings (SSSR count). The van der Waals surface area contributed by atoms with Gasteiger partial charge >= 0.3 is 0 Å². The molecule has 2 aromatic rings. The number of benzene rings is 1. The highest BCUT2D eigenvalue weighted by molar-refractivity contribution is 5.78. The second-order valence-corrected chi connectivity index (χ2v) is 6.03. The third kappa shape index (κ3) is 3.92. The smallest absolute Gasteiger partial charge is 0.244 e. The second-order valence-electron chi connectivity index (χ2n) is 6.03. The minimum Gasteiger partial charge on any atom is -0.387 e. The average Bonchev–Trinajstić information content (AvgIpc) is 3.11. The zero-order valence-corrected chi connectivity index (χ0v) is 14.0. The van der Waals surface area contributed by atoms with E-state index >= 15 is 0 Å². The molecule has 128 valence electrons. The number of aliphatic hydroxyl groups excluding tert-OH is 1. The van der Waals surface area contributed by atoms with Crippen molar-refractivity contribution in [3.8, 4) is 6.07 Å². The van der Waals surface area contributed by atoms with Gasteiger partial charge in [-0.25, -0.2) is 4.68 Å². The number of hydrogen-bond acceptors (Lipinski definition) is 5. The summed E-state index contributed by atoms with van der Waals surface area (Å²) in [4.78, 5) is 14.2. The first-order valence-corrected chi connectivity index (χ1v) is 8.12. The lowest BCUT2D eigenvalue weighted by atomic mass is 9.98. The highest BCUT2D eigenvalue weighted by Crippen LogP contribution is 2.22. The Balaban J connectivity index is 1.61. The number of hydrogen-bond donors (Lipinski definition) is 1. The van der Waals surface area contributed by atoms with Crippen LogP contribution in [0.15, 0.2) is 36.5 Å². The molecule has 1 aromatic carbocycles. The molecule has 0 saturated carbocycles. The molecule has 0 spiro atoms. The van der Waals surface area contributed by atoms with Crippen molar-refractivity contribution in [1.29, 1.82) is 5.26 Å². The maximum atomic E-state index is 12.4. The molecule has 1 aliphatic rings. The molecule has 1 aliphatic heterocycles. The highest BCUT2D eigenvalue weighted by Gasteiger charge is 2.19. The van der Waals surface area contributed by atoms with Crippen molar-refractivity contribution in [2.45, 2.75) is 26.0 Å². The Morgan fingerprint density at radius 1 is 1.40 bits per heavy atom. The summed E-state index contributed by atoms with van der Waals surface area (Å²) in [7, 11) is 0. The fourth-order valence-corrected chi connectivity index (χ4v) is 2.74. The summed E-state index contributed by atoms with van der Waals surface area (Å²) in [6, 6.07) is 9.60. The Morgan fingerprint density at radius 2 is 2.16 bits per heavy atom. The maximum Gasteiger partial charge on any atom is 0.244 e. The standard InChI is InChI=1S/C18H19N5O2/c1-13(24)17-11-23(21-20-17)12-18(25)22-8-6-16(7-9-22)15-4-2-14(10-19)3-5-15/h2-6,11,13,24H,7-9,12H2,1H3. The SMILES string of the molecule is CC(O)c1cn(CC(=O)N2CC=C(c3ccc(C#N)cc3)CC2)nn1. The monoisotopic (exact) mass is 337 g/mol. The molecular formula is C18H19N5O2. The molecule has 2 heterocycles.